The van der Waals surface area contributed by atoms with Crippen molar-refractivity contribution in [3.63, 3.8) is 0 Å². The van der Waals surface area contributed by atoms with E-state index in [0.29, 0.717) is 0 Å². The number of hydrogen-bond acceptors (Lipinski definition) is 3. The topological polar surface area (TPSA) is 51.8 Å². The Morgan fingerprint density at radius 1 is 1.05 bits per heavy atom. The van der Waals surface area contributed by atoms with Crippen LogP contribution in [0.3, 0.4) is 0 Å². The Morgan fingerprint density at radius 2 is 1.85 bits per heavy atom. The van der Waals surface area contributed by atoms with E-state index in [9.17, 15) is 0 Å². The monoisotopic (exact) mass is 263 g/mol. The van der Waals surface area contributed by atoms with Crippen LogP contribution < -0.4 is 5.73 Å². The summed E-state index contributed by atoms with van der Waals surface area (Å²) in [7, 11) is 0. The maximum Gasteiger partial charge on any atom is 0.0702 e. The van der Waals surface area contributed by atoms with Crippen molar-refractivity contribution >= 4 is 10.9 Å². The summed E-state index contributed by atoms with van der Waals surface area (Å²) in [5.41, 5.74) is 9.65. The fourth-order valence-corrected chi connectivity index (χ4v) is 2.33. The molecule has 3 aromatic rings. The van der Waals surface area contributed by atoms with Gasteiger partial charge in [-0.3, -0.25) is 9.97 Å². The van der Waals surface area contributed by atoms with Crippen molar-refractivity contribution in [1.29, 1.82) is 0 Å². The Hall–Kier alpha value is -2.26. The summed E-state index contributed by atoms with van der Waals surface area (Å²) < 4.78 is 0. The average Bonchev–Trinajstić information content (AvgIpc) is 2.53. The van der Waals surface area contributed by atoms with Gasteiger partial charge < -0.3 is 5.73 Å². The van der Waals surface area contributed by atoms with E-state index in [0.717, 1.165) is 29.3 Å². The molecule has 1 aromatic carbocycles. The van der Waals surface area contributed by atoms with Crippen LogP contribution in [0.25, 0.3) is 10.9 Å². The molecule has 0 saturated heterocycles. The van der Waals surface area contributed by atoms with Crippen LogP contribution in [-0.2, 0) is 6.42 Å². The highest BCUT2D eigenvalue weighted by Gasteiger charge is 2.07. The van der Waals surface area contributed by atoms with Crippen molar-refractivity contribution in [3.8, 4) is 0 Å². The van der Waals surface area contributed by atoms with Crippen molar-refractivity contribution in [2.24, 2.45) is 5.73 Å². The van der Waals surface area contributed by atoms with E-state index in [2.05, 4.69) is 22.1 Å². The van der Waals surface area contributed by atoms with E-state index in [1.807, 2.05) is 48.9 Å². The van der Waals surface area contributed by atoms with Gasteiger partial charge in [-0.2, -0.15) is 0 Å². The molecule has 3 nitrogen and oxygen atoms in total. The van der Waals surface area contributed by atoms with Gasteiger partial charge in [-0.15, -0.1) is 0 Å². The molecule has 2 N–H and O–H groups in total. The van der Waals surface area contributed by atoms with Gasteiger partial charge in [0.25, 0.3) is 0 Å². The lowest BCUT2D eigenvalue weighted by Crippen LogP contribution is -2.11. The highest BCUT2D eigenvalue weighted by molar-refractivity contribution is 5.78. The van der Waals surface area contributed by atoms with E-state index in [-0.39, 0.29) is 6.04 Å². The first-order valence-electron chi connectivity index (χ1n) is 6.82. The molecular formula is C17H17N3. The molecule has 2 aromatic heterocycles. The number of nitrogens with two attached hydrogens (primary N) is 1. The lowest BCUT2D eigenvalue weighted by Gasteiger charge is -2.12. The SMILES string of the molecule is NC(CCc1ccncc1)c1cnc2ccccc2c1. The summed E-state index contributed by atoms with van der Waals surface area (Å²) in [5, 5.41) is 1.14. The molecule has 0 aliphatic carbocycles. The Morgan fingerprint density at radius 3 is 2.70 bits per heavy atom. The van der Waals surface area contributed by atoms with Crippen LogP contribution >= 0.6 is 0 Å². The molecule has 1 unspecified atom stereocenters. The zero-order valence-electron chi connectivity index (χ0n) is 11.2. The molecular weight excluding hydrogens is 246 g/mol. The van der Waals surface area contributed by atoms with Gasteiger partial charge in [-0.25, -0.2) is 0 Å². The molecule has 0 amide bonds. The lowest BCUT2D eigenvalue weighted by atomic mass is 10.0. The van der Waals surface area contributed by atoms with Gasteiger partial charge in [0, 0.05) is 30.0 Å². The van der Waals surface area contributed by atoms with Crippen LogP contribution in [-0.4, -0.2) is 9.97 Å². The number of para-hydroxylation sites is 1. The zero-order valence-corrected chi connectivity index (χ0v) is 11.2. The molecule has 100 valence electrons. The minimum atomic E-state index is 0.0141. The van der Waals surface area contributed by atoms with Gasteiger partial charge in [-0.1, -0.05) is 18.2 Å². The lowest BCUT2D eigenvalue weighted by molar-refractivity contribution is 0.649. The van der Waals surface area contributed by atoms with Gasteiger partial charge in [-0.05, 0) is 48.2 Å². The molecule has 0 bridgehead atoms. The number of rotatable bonds is 4. The maximum atomic E-state index is 6.28. The second-order valence-electron chi connectivity index (χ2n) is 4.96. The maximum absolute atomic E-state index is 6.28. The summed E-state index contributed by atoms with van der Waals surface area (Å²) in [6.45, 7) is 0. The van der Waals surface area contributed by atoms with Crippen LogP contribution in [0, 0.1) is 0 Å². The highest BCUT2D eigenvalue weighted by atomic mass is 14.7. The van der Waals surface area contributed by atoms with Crippen molar-refractivity contribution in [2.45, 2.75) is 18.9 Å². The normalized spacial score (nSPS) is 12.4. The van der Waals surface area contributed by atoms with Gasteiger partial charge in [0.2, 0.25) is 0 Å². The fourth-order valence-electron chi connectivity index (χ4n) is 2.33. The number of benzene rings is 1. The van der Waals surface area contributed by atoms with Crippen LogP contribution in [0.2, 0.25) is 0 Å². The zero-order chi connectivity index (χ0) is 13.8. The first kappa shape index (κ1) is 12.8. The van der Waals surface area contributed by atoms with E-state index < -0.39 is 0 Å². The summed E-state index contributed by atoms with van der Waals surface area (Å²) >= 11 is 0. The third kappa shape index (κ3) is 2.83. The standard InChI is InChI=1S/C17H17N3/c18-16(6-5-13-7-9-19-10-8-13)15-11-14-3-1-2-4-17(14)20-12-15/h1-4,7-12,16H,5-6,18H2. The van der Waals surface area contributed by atoms with Crippen LogP contribution in [0.5, 0.6) is 0 Å². The molecule has 3 rings (SSSR count). The minimum absolute atomic E-state index is 0.0141. The van der Waals surface area contributed by atoms with Crippen LogP contribution in [0.15, 0.2) is 61.1 Å². The predicted molar refractivity (Wildman–Crippen MR) is 81.2 cm³/mol. The summed E-state index contributed by atoms with van der Waals surface area (Å²) in [5.74, 6) is 0. The molecule has 0 fully saturated rings. The molecule has 20 heavy (non-hydrogen) atoms. The highest BCUT2D eigenvalue weighted by Crippen LogP contribution is 2.20. The number of aromatic nitrogens is 2. The average molecular weight is 263 g/mol. The molecule has 0 radical (unpaired) electrons. The van der Waals surface area contributed by atoms with Gasteiger partial charge >= 0.3 is 0 Å². The van der Waals surface area contributed by atoms with E-state index in [4.69, 9.17) is 5.73 Å². The summed E-state index contributed by atoms with van der Waals surface area (Å²) in [6, 6.07) is 14.3. The Balaban J connectivity index is 1.73. The summed E-state index contributed by atoms with van der Waals surface area (Å²) in [4.78, 5) is 8.49. The van der Waals surface area contributed by atoms with Crippen molar-refractivity contribution in [3.05, 3.63) is 72.2 Å². The quantitative estimate of drug-likeness (QED) is 0.786. The third-order valence-corrected chi connectivity index (χ3v) is 3.53. The molecule has 3 heteroatoms. The molecule has 0 aliphatic heterocycles. The third-order valence-electron chi connectivity index (χ3n) is 3.53. The fraction of sp³-hybridized carbons (Fsp3) is 0.176. The first-order valence-corrected chi connectivity index (χ1v) is 6.82. The molecule has 0 saturated carbocycles. The van der Waals surface area contributed by atoms with Crippen molar-refractivity contribution < 1.29 is 0 Å². The number of fused-ring (bicyclic) bond motifs is 1. The van der Waals surface area contributed by atoms with E-state index in [1.165, 1.54) is 5.56 Å². The summed E-state index contributed by atoms with van der Waals surface area (Å²) in [6.07, 6.45) is 7.39. The van der Waals surface area contributed by atoms with Crippen LogP contribution in [0.1, 0.15) is 23.6 Å². The van der Waals surface area contributed by atoms with E-state index >= 15 is 0 Å². The Kier molecular flexibility index (Phi) is 3.70. The van der Waals surface area contributed by atoms with Gasteiger partial charge in [0.05, 0.1) is 5.52 Å². The second kappa shape index (κ2) is 5.80. The second-order valence-corrected chi connectivity index (χ2v) is 4.96. The Labute approximate surface area is 118 Å². The van der Waals surface area contributed by atoms with E-state index in [1.54, 1.807) is 0 Å². The largest absolute Gasteiger partial charge is 0.324 e. The number of aryl methyl sites for hydroxylation is 1. The molecule has 1 atom stereocenters. The number of nitrogens with zero attached hydrogens (tertiary/aromatic N) is 2. The van der Waals surface area contributed by atoms with Gasteiger partial charge in [0.1, 0.15) is 0 Å². The smallest absolute Gasteiger partial charge is 0.0702 e. The van der Waals surface area contributed by atoms with Crippen molar-refractivity contribution in [2.75, 3.05) is 0 Å². The van der Waals surface area contributed by atoms with Crippen molar-refractivity contribution in [1.82, 2.24) is 9.97 Å². The molecule has 2 heterocycles. The minimum Gasteiger partial charge on any atom is -0.324 e. The predicted octanol–water partition coefficient (Wildman–Crippen LogP) is 3.26. The number of hydrogen-bond donors (Lipinski definition) is 1. The molecule has 0 spiro atoms. The molecule has 0 aliphatic rings. The van der Waals surface area contributed by atoms with Crippen LogP contribution in [0.4, 0.5) is 0 Å². The number of pyridine rings is 2. The first-order chi connectivity index (χ1) is 9.83. The van der Waals surface area contributed by atoms with Gasteiger partial charge in [0.15, 0.2) is 0 Å². The Bertz CT molecular complexity index is 695.